The van der Waals surface area contributed by atoms with Crippen molar-refractivity contribution in [3.63, 3.8) is 0 Å². The van der Waals surface area contributed by atoms with Crippen LogP contribution in [0.1, 0.15) is 33.6 Å². The minimum absolute atomic E-state index is 0.169. The van der Waals surface area contributed by atoms with Crippen molar-refractivity contribution in [3.8, 4) is 0 Å². The highest BCUT2D eigenvalue weighted by molar-refractivity contribution is 5.76. The third kappa shape index (κ3) is 6.64. The monoisotopic (exact) mass is 241 g/mol. The Hall–Kier alpha value is -0.610. The quantitative estimate of drug-likeness (QED) is 0.766. The Kier molecular flexibility index (Phi) is 5.40. The lowest BCUT2D eigenvalue weighted by Gasteiger charge is -2.30. The summed E-state index contributed by atoms with van der Waals surface area (Å²) in [6.07, 6.45) is 1.62. The smallest absolute Gasteiger partial charge is 0.221 e. The predicted molar refractivity (Wildman–Crippen MR) is 71.0 cm³/mol. The van der Waals surface area contributed by atoms with E-state index in [9.17, 15) is 4.79 Å². The largest absolute Gasteiger partial charge is 0.356 e. The van der Waals surface area contributed by atoms with Crippen LogP contribution in [0.2, 0.25) is 0 Å². The first kappa shape index (κ1) is 14.5. The van der Waals surface area contributed by atoms with Crippen LogP contribution in [0, 0.1) is 5.41 Å². The first-order valence-electron chi connectivity index (χ1n) is 6.55. The van der Waals surface area contributed by atoms with Crippen molar-refractivity contribution in [2.24, 2.45) is 5.41 Å². The third-order valence-electron chi connectivity index (χ3n) is 3.09. The van der Waals surface area contributed by atoms with Crippen LogP contribution in [0.4, 0.5) is 0 Å². The summed E-state index contributed by atoms with van der Waals surface area (Å²) >= 11 is 0. The van der Waals surface area contributed by atoms with Gasteiger partial charge in [0, 0.05) is 38.6 Å². The maximum absolute atomic E-state index is 11.7. The molecule has 1 unspecified atom stereocenters. The molecule has 1 aliphatic rings. The van der Waals surface area contributed by atoms with Crippen LogP contribution in [0.3, 0.4) is 0 Å². The van der Waals surface area contributed by atoms with Gasteiger partial charge in [-0.05, 0) is 18.9 Å². The molecular weight excluding hydrogens is 214 g/mol. The van der Waals surface area contributed by atoms with E-state index in [0.29, 0.717) is 12.5 Å². The molecular formula is C13H27N3O. The van der Waals surface area contributed by atoms with Crippen molar-refractivity contribution < 1.29 is 4.79 Å². The van der Waals surface area contributed by atoms with Gasteiger partial charge >= 0.3 is 0 Å². The molecule has 1 fully saturated rings. The summed E-state index contributed by atoms with van der Waals surface area (Å²) in [7, 11) is 2.10. The zero-order chi connectivity index (χ0) is 12.9. The first-order chi connectivity index (χ1) is 7.87. The Morgan fingerprint density at radius 1 is 1.47 bits per heavy atom. The lowest BCUT2D eigenvalue weighted by atomic mass is 9.92. The van der Waals surface area contributed by atoms with E-state index in [1.807, 2.05) is 0 Å². The van der Waals surface area contributed by atoms with Crippen molar-refractivity contribution in [1.82, 2.24) is 15.5 Å². The second kappa shape index (κ2) is 6.36. The summed E-state index contributed by atoms with van der Waals surface area (Å²) in [4.78, 5) is 14.0. The number of hydrogen-bond donors (Lipinski definition) is 2. The fraction of sp³-hybridized carbons (Fsp3) is 0.923. The molecule has 2 N–H and O–H groups in total. The second-order valence-electron chi connectivity index (χ2n) is 6.28. The third-order valence-corrected chi connectivity index (χ3v) is 3.09. The number of likely N-dealkylation sites (N-methyl/N-ethyl adjacent to an activating group) is 1. The zero-order valence-corrected chi connectivity index (χ0v) is 11.7. The van der Waals surface area contributed by atoms with Gasteiger partial charge in [0.05, 0.1) is 0 Å². The van der Waals surface area contributed by atoms with Gasteiger partial charge in [0.25, 0.3) is 0 Å². The maximum Gasteiger partial charge on any atom is 0.221 e. The average Bonchev–Trinajstić information content (AvgIpc) is 2.15. The van der Waals surface area contributed by atoms with Gasteiger partial charge < -0.3 is 15.5 Å². The van der Waals surface area contributed by atoms with E-state index in [1.165, 1.54) is 0 Å². The molecule has 1 atom stereocenters. The molecule has 1 aliphatic heterocycles. The van der Waals surface area contributed by atoms with Crippen LogP contribution < -0.4 is 10.6 Å². The molecule has 1 saturated heterocycles. The molecule has 0 aromatic rings. The molecule has 0 aromatic heterocycles. The molecule has 4 nitrogen and oxygen atoms in total. The number of nitrogens with zero attached hydrogens (tertiary/aromatic N) is 1. The summed E-state index contributed by atoms with van der Waals surface area (Å²) in [6.45, 7) is 10.4. The number of carbonyl (C=O) groups excluding carboxylic acids is 1. The Balaban J connectivity index is 2.16. The number of nitrogens with one attached hydrogen (secondary N) is 2. The van der Waals surface area contributed by atoms with Gasteiger partial charge in [-0.1, -0.05) is 20.8 Å². The molecule has 17 heavy (non-hydrogen) atoms. The molecule has 100 valence electrons. The van der Waals surface area contributed by atoms with Gasteiger partial charge in [0.15, 0.2) is 0 Å². The van der Waals surface area contributed by atoms with Gasteiger partial charge in [-0.15, -0.1) is 0 Å². The standard InChI is InChI=1S/C13H27N3O/c1-13(2,3)5-6-15-12(17)9-11-10-16(4)8-7-14-11/h11,14H,5-10H2,1-4H3,(H,15,17). The molecule has 0 bridgehead atoms. The highest BCUT2D eigenvalue weighted by Gasteiger charge is 2.19. The zero-order valence-electron chi connectivity index (χ0n) is 11.7. The van der Waals surface area contributed by atoms with Crippen LogP contribution in [0.5, 0.6) is 0 Å². The fourth-order valence-electron chi connectivity index (χ4n) is 2.00. The molecule has 0 radical (unpaired) electrons. The van der Waals surface area contributed by atoms with Crippen LogP contribution in [0.15, 0.2) is 0 Å². The van der Waals surface area contributed by atoms with Crippen molar-refractivity contribution in [2.75, 3.05) is 33.2 Å². The number of amides is 1. The number of rotatable bonds is 4. The molecule has 0 saturated carbocycles. The number of piperazine rings is 1. The molecule has 0 spiro atoms. The van der Waals surface area contributed by atoms with Crippen LogP contribution in [0.25, 0.3) is 0 Å². The molecule has 1 amide bonds. The Labute approximate surface area is 105 Å². The fourth-order valence-corrected chi connectivity index (χ4v) is 2.00. The lowest BCUT2D eigenvalue weighted by molar-refractivity contribution is -0.121. The van der Waals surface area contributed by atoms with E-state index >= 15 is 0 Å². The molecule has 1 heterocycles. The maximum atomic E-state index is 11.7. The Morgan fingerprint density at radius 2 is 2.18 bits per heavy atom. The second-order valence-corrected chi connectivity index (χ2v) is 6.28. The average molecular weight is 241 g/mol. The van der Waals surface area contributed by atoms with Crippen molar-refractivity contribution in [3.05, 3.63) is 0 Å². The van der Waals surface area contributed by atoms with E-state index < -0.39 is 0 Å². The summed E-state index contributed by atoms with van der Waals surface area (Å²) < 4.78 is 0. The SMILES string of the molecule is CN1CCNC(CC(=O)NCCC(C)(C)C)C1. The number of hydrogen-bond acceptors (Lipinski definition) is 3. The van der Waals surface area contributed by atoms with Crippen LogP contribution in [-0.4, -0.2) is 50.1 Å². The Bertz CT molecular complexity index is 248. The minimum Gasteiger partial charge on any atom is -0.356 e. The summed E-state index contributed by atoms with van der Waals surface area (Å²) in [5.74, 6) is 0.169. The minimum atomic E-state index is 0.169. The first-order valence-corrected chi connectivity index (χ1v) is 6.55. The van der Waals surface area contributed by atoms with Gasteiger partial charge in [-0.25, -0.2) is 0 Å². The van der Waals surface area contributed by atoms with Crippen LogP contribution >= 0.6 is 0 Å². The molecule has 1 rings (SSSR count). The lowest BCUT2D eigenvalue weighted by Crippen LogP contribution is -2.50. The normalized spacial score (nSPS) is 22.5. The van der Waals surface area contributed by atoms with E-state index in [1.54, 1.807) is 0 Å². The highest BCUT2D eigenvalue weighted by Crippen LogP contribution is 2.16. The highest BCUT2D eigenvalue weighted by atomic mass is 16.1. The summed E-state index contributed by atoms with van der Waals surface area (Å²) in [5, 5.41) is 6.39. The molecule has 0 aliphatic carbocycles. The van der Waals surface area contributed by atoms with E-state index in [4.69, 9.17) is 0 Å². The van der Waals surface area contributed by atoms with E-state index in [0.717, 1.165) is 32.6 Å². The summed E-state index contributed by atoms with van der Waals surface area (Å²) in [6, 6.07) is 0.309. The number of carbonyl (C=O) groups is 1. The van der Waals surface area contributed by atoms with Crippen molar-refractivity contribution in [1.29, 1.82) is 0 Å². The van der Waals surface area contributed by atoms with Gasteiger partial charge in [-0.2, -0.15) is 0 Å². The van der Waals surface area contributed by atoms with Crippen LogP contribution in [-0.2, 0) is 4.79 Å². The van der Waals surface area contributed by atoms with Crippen molar-refractivity contribution in [2.45, 2.75) is 39.7 Å². The van der Waals surface area contributed by atoms with E-state index in [-0.39, 0.29) is 11.3 Å². The van der Waals surface area contributed by atoms with Gasteiger partial charge in [0.2, 0.25) is 5.91 Å². The molecule has 0 aromatic carbocycles. The van der Waals surface area contributed by atoms with Crippen molar-refractivity contribution >= 4 is 5.91 Å². The topological polar surface area (TPSA) is 44.4 Å². The summed E-state index contributed by atoms with van der Waals surface area (Å²) in [5.41, 5.74) is 0.288. The van der Waals surface area contributed by atoms with Gasteiger partial charge in [0.1, 0.15) is 0 Å². The Morgan fingerprint density at radius 3 is 2.76 bits per heavy atom. The predicted octanol–water partition coefficient (Wildman–Crippen LogP) is 0.833. The van der Waals surface area contributed by atoms with Gasteiger partial charge in [-0.3, -0.25) is 4.79 Å². The van der Waals surface area contributed by atoms with E-state index in [2.05, 4.69) is 43.4 Å². The molecule has 4 heteroatoms.